The van der Waals surface area contributed by atoms with Crippen molar-refractivity contribution in [2.45, 2.75) is 32.8 Å². The summed E-state index contributed by atoms with van der Waals surface area (Å²) in [6.45, 7) is 1.85. The van der Waals surface area contributed by atoms with E-state index in [0.29, 0.717) is 29.8 Å². The molecule has 0 atom stereocenters. The summed E-state index contributed by atoms with van der Waals surface area (Å²) in [6, 6.07) is 12.5. The minimum atomic E-state index is -1.09. The summed E-state index contributed by atoms with van der Waals surface area (Å²) in [7, 11) is 0. The molecule has 0 aliphatic rings. The van der Waals surface area contributed by atoms with Gasteiger partial charge in [0.2, 0.25) is 5.91 Å². The normalized spacial score (nSPS) is 10.3. The van der Waals surface area contributed by atoms with E-state index in [9.17, 15) is 18.8 Å². The predicted octanol–water partition coefficient (Wildman–Crippen LogP) is 3.83. The third-order valence-corrected chi connectivity index (χ3v) is 4.24. The Hall–Kier alpha value is -3.42. The molecule has 2 rings (SSSR count). The van der Waals surface area contributed by atoms with Crippen molar-refractivity contribution in [3.63, 3.8) is 0 Å². The third-order valence-electron chi connectivity index (χ3n) is 4.24. The van der Waals surface area contributed by atoms with Gasteiger partial charge in [-0.15, -0.1) is 0 Å². The summed E-state index contributed by atoms with van der Waals surface area (Å²) in [5.74, 6) is -1.68. The van der Waals surface area contributed by atoms with Gasteiger partial charge in [0.15, 0.2) is 0 Å². The van der Waals surface area contributed by atoms with Gasteiger partial charge in [0.05, 0.1) is 6.42 Å². The molecule has 0 aliphatic carbocycles. The Labute approximate surface area is 174 Å². The van der Waals surface area contributed by atoms with Crippen LogP contribution in [0.15, 0.2) is 48.5 Å². The average molecular weight is 416 g/mol. The minimum Gasteiger partial charge on any atom is -0.480 e. The van der Waals surface area contributed by atoms with Crippen LogP contribution in [-0.2, 0) is 27.4 Å². The Morgan fingerprint density at radius 3 is 2.27 bits per heavy atom. The second-order valence-electron chi connectivity index (χ2n) is 6.77. The fourth-order valence-corrected chi connectivity index (χ4v) is 2.66. The van der Waals surface area contributed by atoms with Gasteiger partial charge in [-0.25, -0.2) is 9.18 Å². The molecule has 0 saturated carbocycles. The van der Waals surface area contributed by atoms with Crippen molar-refractivity contribution in [3.05, 3.63) is 65.5 Å². The monoisotopic (exact) mass is 416 g/mol. The number of carbonyl (C=O) groups is 3. The molecular weight excluding hydrogens is 391 g/mol. The van der Waals surface area contributed by atoms with Gasteiger partial charge >= 0.3 is 12.1 Å². The van der Waals surface area contributed by atoms with Gasteiger partial charge in [0, 0.05) is 12.2 Å². The highest BCUT2D eigenvalue weighted by atomic mass is 19.1. The van der Waals surface area contributed by atoms with Crippen molar-refractivity contribution in [2.75, 3.05) is 18.4 Å². The van der Waals surface area contributed by atoms with Gasteiger partial charge in [0.1, 0.15) is 19.0 Å². The Morgan fingerprint density at radius 2 is 1.67 bits per heavy atom. The maximum Gasteiger partial charge on any atom is 0.410 e. The summed E-state index contributed by atoms with van der Waals surface area (Å²) in [5.41, 5.74) is 1.98. The second kappa shape index (κ2) is 11.5. The highest BCUT2D eigenvalue weighted by Gasteiger charge is 2.17. The standard InChI is InChI=1S/C22H25FN2O5/c1-2-3-12-25(14-21(27)28)22(29)30-15-17-6-10-19(11-7-17)24-20(26)13-16-4-8-18(23)9-5-16/h4-11H,2-3,12-15H2,1H3,(H,24,26)(H,27,28). The van der Waals surface area contributed by atoms with E-state index >= 15 is 0 Å². The second-order valence-corrected chi connectivity index (χ2v) is 6.77. The van der Waals surface area contributed by atoms with Crippen LogP contribution in [0.25, 0.3) is 0 Å². The molecule has 2 aromatic carbocycles. The number of hydrogen-bond donors (Lipinski definition) is 2. The Kier molecular flexibility index (Phi) is 8.80. The molecule has 0 aliphatic heterocycles. The first kappa shape index (κ1) is 22.9. The zero-order valence-corrected chi connectivity index (χ0v) is 16.8. The van der Waals surface area contributed by atoms with E-state index in [1.165, 1.54) is 12.1 Å². The first-order valence-corrected chi connectivity index (χ1v) is 9.64. The molecule has 0 spiro atoms. The molecule has 0 fully saturated rings. The van der Waals surface area contributed by atoms with Gasteiger partial charge in [-0.1, -0.05) is 37.6 Å². The average Bonchev–Trinajstić information content (AvgIpc) is 2.71. The molecule has 0 aromatic heterocycles. The smallest absolute Gasteiger partial charge is 0.410 e. The highest BCUT2D eigenvalue weighted by Crippen LogP contribution is 2.12. The number of rotatable bonds is 10. The number of nitrogens with zero attached hydrogens (tertiary/aromatic N) is 1. The van der Waals surface area contributed by atoms with Crippen LogP contribution in [0.5, 0.6) is 0 Å². The minimum absolute atomic E-state index is 0.00904. The van der Waals surface area contributed by atoms with Crippen molar-refractivity contribution in [1.82, 2.24) is 4.90 Å². The lowest BCUT2D eigenvalue weighted by atomic mass is 10.1. The topological polar surface area (TPSA) is 95.9 Å². The fraction of sp³-hybridized carbons (Fsp3) is 0.318. The van der Waals surface area contributed by atoms with E-state index in [-0.39, 0.29) is 24.8 Å². The van der Waals surface area contributed by atoms with Gasteiger partial charge < -0.3 is 15.2 Å². The number of nitrogens with one attached hydrogen (secondary N) is 1. The largest absolute Gasteiger partial charge is 0.480 e. The third kappa shape index (κ3) is 7.90. The molecule has 30 heavy (non-hydrogen) atoms. The summed E-state index contributed by atoms with van der Waals surface area (Å²) in [5, 5.41) is 11.7. The number of hydrogen-bond acceptors (Lipinski definition) is 4. The van der Waals surface area contributed by atoms with E-state index in [0.717, 1.165) is 11.3 Å². The highest BCUT2D eigenvalue weighted by molar-refractivity contribution is 5.92. The van der Waals surface area contributed by atoms with Gasteiger partial charge in [0.25, 0.3) is 0 Å². The number of anilines is 1. The Bertz CT molecular complexity index is 853. The number of carboxylic acid groups (broad SMARTS) is 1. The van der Waals surface area contributed by atoms with Crippen LogP contribution in [0.1, 0.15) is 30.9 Å². The SMILES string of the molecule is CCCCN(CC(=O)O)C(=O)OCc1ccc(NC(=O)Cc2ccc(F)cc2)cc1. The van der Waals surface area contributed by atoms with E-state index in [4.69, 9.17) is 9.84 Å². The predicted molar refractivity (Wildman–Crippen MR) is 109 cm³/mol. The van der Waals surface area contributed by atoms with Crippen molar-refractivity contribution < 1.29 is 28.6 Å². The van der Waals surface area contributed by atoms with Crippen molar-refractivity contribution in [2.24, 2.45) is 0 Å². The van der Waals surface area contributed by atoms with E-state index in [2.05, 4.69) is 5.32 Å². The number of carbonyl (C=O) groups excluding carboxylic acids is 2. The number of amides is 2. The zero-order chi connectivity index (χ0) is 21.9. The maximum absolute atomic E-state index is 12.9. The molecule has 2 aromatic rings. The summed E-state index contributed by atoms with van der Waals surface area (Å²) < 4.78 is 18.1. The first-order chi connectivity index (χ1) is 14.4. The molecule has 2 N–H and O–H groups in total. The number of halogens is 1. The van der Waals surface area contributed by atoms with Gasteiger partial charge in [-0.3, -0.25) is 14.5 Å². The molecule has 7 nitrogen and oxygen atoms in total. The van der Waals surface area contributed by atoms with E-state index < -0.39 is 18.6 Å². The molecule has 0 bridgehead atoms. The molecule has 0 saturated heterocycles. The molecule has 0 unspecified atom stereocenters. The molecule has 160 valence electrons. The molecule has 0 radical (unpaired) electrons. The maximum atomic E-state index is 12.9. The van der Waals surface area contributed by atoms with Crippen molar-refractivity contribution >= 4 is 23.7 Å². The zero-order valence-electron chi connectivity index (χ0n) is 16.8. The fourth-order valence-electron chi connectivity index (χ4n) is 2.66. The van der Waals surface area contributed by atoms with Gasteiger partial charge in [-0.2, -0.15) is 0 Å². The molecule has 8 heteroatoms. The molecule has 2 amide bonds. The van der Waals surface area contributed by atoms with E-state index in [1.54, 1.807) is 36.4 Å². The lowest BCUT2D eigenvalue weighted by molar-refractivity contribution is -0.138. The number of benzene rings is 2. The van der Waals surface area contributed by atoms with Crippen molar-refractivity contribution in [1.29, 1.82) is 0 Å². The van der Waals surface area contributed by atoms with Crippen LogP contribution in [-0.4, -0.2) is 41.1 Å². The first-order valence-electron chi connectivity index (χ1n) is 9.64. The summed E-state index contributed by atoms with van der Waals surface area (Å²) >= 11 is 0. The Balaban J connectivity index is 1.84. The van der Waals surface area contributed by atoms with Crippen LogP contribution in [0, 0.1) is 5.82 Å². The molecule has 0 heterocycles. The number of unbranched alkanes of at least 4 members (excludes halogenated alkanes) is 1. The van der Waals surface area contributed by atoms with E-state index in [1.807, 2.05) is 6.92 Å². The van der Waals surface area contributed by atoms with Crippen LogP contribution in [0.2, 0.25) is 0 Å². The lowest BCUT2D eigenvalue weighted by Gasteiger charge is -2.20. The van der Waals surface area contributed by atoms with Crippen LogP contribution in [0.4, 0.5) is 14.9 Å². The summed E-state index contributed by atoms with van der Waals surface area (Å²) in [6.07, 6.45) is 0.964. The van der Waals surface area contributed by atoms with Crippen molar-refractivity contribution in [3.8, 4) is 0 Å². The molecular formula is C22H25FN2O5. The van der Waals surface area contributed by atoms with Crippen LogP contribution < -0.4 is 5.32 Å². The van der Waals surface area contributed by atoms with Crippen LogP contribution >= 0.6 is 0 Å². The number of ether oxygens (including phenoxy) is 1. The number of aliphatic carboxylic acids is 1. The summed E-state index contributed by atoms with van der Waals surface area (Å²) in [4.78, 5) is 36.3. The van der Waals surface area contributed by atoms with Crippen LogP contribution in [0.3, 0.4) is 0 Å². The Morgan fingerprint density at radius 1 is 1.03 bits per heavy atom. The number of carboxylic acids is 1. The van der Waals surface area contributed by atoms with Gasteiger partial charge in [-0.05, 0) is 41.8 Å². The lowest BCUT2D eigenvalue weighted by Crippen LogP contribution is -2.36. The quantitative estimate of drug-likeness (QED) is 0.614.